The van der Waals surface area contributed by atoms with Gasteiger partial charge in [-0.25, -0.2) is 0 Å². The van der Waals surface area contributed by atoms with E-state index in [1.807, 2.05) is 0 Å². The number of rotatable bonds is 1. The van der Waals surface area contributed by atoms with Gasteiger partial charge in [0.05, 0.1) is 12.0 Å². The van der Waals surface area contributed by atoms with Crippen molar-refractivity contribution in [1.82, 2.24) is 0 Å². The molecule has 2 unspecified atom stereocenters. The standard InChI is InChI=1S/C7H11O3/c8-6-4-2-1-3-5(6)7(9)10/h4-6,8H,1-3H2,(H,9,10). The van der Waals surface area contributed by atoms with Crippen LogP contribution < -0.4 is 0 Å². The van der Waals surface area contributed by atoms with Gasteiger partial charge >= 0.3 is 5.97 Å². The van der Waals surface area contributed by atoms with E-state index >= 15 is 0 Å². The average Bonchev–Trinajstić information content (AvgIpc) is 1.88. The molecule has 1 fully saturated rings. The summed E-state index contributed by atoms with van der Waals surface area (Å²) >= 11 is 0. The minimum Gasteiger partial charge on any atom is -0.481 e. The summed E-state index contributed by atoms with van der Waals surface area (Å²) in [6.45, 7) is 0. The molecule has 0 aromatic heterocycles. The highest BCUT2D eigenvalue weighted by atomic mass is 16.4. The van der Waals surface area contributed by atoms with Crippen LogP contribution in [0.25, 0.3) is 0 Å². The summed E-state index contributed by atoms with van der Waals surface area (Å²) in [5.74, 6) is -1.45. The predicted octanol–water partition coefficient (Wildman–Crippen LogP) is 0.436. The summed E-state index contributed by atoms with van der Waals surface area (Å²) in [6, 6.07) is 0. The van der Waals surface area contributed by atoms with Crippen LogP contribution in [0.1, 0.15) is 19.3 Å². The molecular formula is C7H11O3. The van der Waals surface area contributed by atoms with Crippen LogP contribution in [-0.4, -0.2) is 22.3 Å². The first-order chi connectivity index (χ1) is 4.72. The lowest BCUT2D eigenvalue weighted by Gasteiger charge is -2.23. The molecule has 0 saturated heterocycles. The van der Waals surface area contributed by atoms with E-state index in [1.54, 1.807) is 6.42 Å². The lowest BCUT2D eigenvalue weighted by Crippen LogP contribution is -2.31. The van der Waals surface area contributed by atoms with Gasteiger partial charge in [-0.15, -0.1) is 0 Å². The Morgan fingerprint density at radius 3 is 2.70 bits per heavy atom. The number of aliphatic hydroxyl groups is 1. The lowest BCUT2D eigenvalue weighted by molar-refractivity contribution is -0.145. The van der Waals surface area contributed by atoms with Crippen molar-refractivity contribution in [2.24, 2.45) is 5.92 Å². The highest BCUT2D eigenvalue weighted by Crippen LogP contribution is 2.23. The van der Waals surface area contributed by atoms with E-state index in [4.69, 9.17) is 10.2 Å². The summed E-state index contributed by atoms with van der Waals surface area (Å²) in [7, 11) is 0. The zero-order valence-electron chi connectivity index (χ0n) is 5.66. The Hall–Kier alpha value is -0.570. The third kappa shape index (κ3) is 1.48. The normalized spacial score (nSPS) is 33.7. The second kappa shape index (κ2) is 3.01. The van der Waals surface area contributed by atoms with Crippen molar-refractivity contribution in [2.45, 2.75) is 25.4 Å². The van der Waals surface area contributed by atoms with Crippen molar-refractivity contribution in [3.8, 4) is 0 Å². The second-order valence-corrected chi connectivity index (χ2v) is 2.60. The number of aliphatic carboxylic acids is 1. The molecule has 1 rings (SSSR count). The zero-order chi connectivity index (χ0) is 7.56. The smallest absolute Gasteiger partial charge is 0.309 e. The van der Waals surface area contributed by atoms with Crippen LogP contribution in [0.2, 0.25) is 0 Å². The van der Waals surface area contributed by atoms with Crippen molar-refractivity contribution in [3.63, 3.8) is 0 Å². The summed E-state index contributed by atoms with van der Waals surface area (Å²) in [6.07, 6.45) is 3.26. The third-order valence-electron chi connectivity index (χ3n) is 1.86. The molecule has 1 radical (unpaired) electrons. The molecule has 1 saturated carbocycles. The molecule has 1 aliphatic carbocycles. The number of hydrogen-bond donors (Lipinski definition) is 2. The molecule has 2 N–H and O–H groups in total. The van der Waals surface area contributed by atoms with Gasteiger partial charge in [0.25, 0.3) is 0 Å². The van der Waals surface area contributed by atoms with E-state index in [-0.39, 0.29) is 0 Å². The first-order valence-corrected chi connectivity index (χ1v) is 3.46. The first kappa shape index (κ1) is 7.54. The summed E-state index contributed by atoms with van der Waals surface area (Å²) < 4.78 is 0. The van der Waals surface area contributed by atoms with Gasteiger partial charge in [0.1, 0.15) is 0 Å². The molecule has 0 aliphatic heterocycles. The lowest BCUT2D eigenvalue weighted by atomic mass is 9.87. The molecule has 0 bridgehead atoms. The van der Waals surface area contributed by atoms with Crippen molar-refractivity contribution >= 4 is 5.97 Å². The van der Waals surface area contributed by atoms with Gasteiger partial charge in [-0.05, 0) is 19.3 Å². The van der Waals surface area contributed by atoms with Gasteiger partial charge in [0.15, 0.2) is 0 Å². The fraction of sp³-hybridized carbons (Fsp3) is 0.714. The Balaban J connectivity index is 2.47. The Morgan fingerprint density at radius 2 is 2.30 bits per heavy atom. The van der Waals surface area contributed by atoms with Crippen LogP contribution in [0.3, 0.4) is 0 Å². The van der Waals surface area contributed by atoms with Crippen LogP contribution in [0.5, 0.6) is 0 Å². The van der Waals surface area contributed by atoms with Crippen LogP contribution >= 0.6 is 0 Å². The monoisotopic (exact) mass is 143 g/mol. The largest absolute Gasteiger partial charge is 0.481 e. The Labute approximate surface area is 59.7 Å². The van der Waals surface area contributed by atoms with Crippen LogP contribution in [-0.2, 0) is 4.79 Å². The highest BCUT2D eigenvalue weighted by Gasteiger charge is 2.28. The fourth-order valence-corrected chi connectivity index (χ4v) is 1.23. The molecule has 0 heterocycles. The summed E-state index contributed by atoms with van der Waals surface area (Å²) in [4.78, 5) is 10.4. The van der Waals surface area contributed by atoms with E-state index in [0.29, 0.717) is 6.42 Å². The molecule has 0 aromatic carbocycles. The number of carboxylic acid groups (broad SMARTS) is 1. The molecule has 2 atom stereocenters. The van der Waals surface area contributed by atoms with Gasteiger partial charge in [0, 0.05) is 0 Å². The SMILES string of the molecule is O=C(O)C1CCC[CH]C1O. The third-order valence-corrected chi connectivity index (χ3v) is 1.86. The van der Waals surface area contributed by atoms with Gasteiger partial charge in [-0.2, -0.15) is 0 Å². The van der Waals surface area contributed by atoms with Crippen LogP contribution in [0, 0.1) is 12.3 Å². The van der Waals surface area contributed by atoms with E-state index in [2.05, 4.69) is 0 Å². The molecule has 3 heteroatoms. The maximum Gasteiger partial charge on any atom is 0.309 e. The maximum atomic E-state index is 10.4. The molecule has 1 aliphatic rings. The summed E-state index contributed by atoms with van der Waals surface area (Å²) in [5.41, 5.74) is 0. The minimum atomic E-state index is -0.886. The summed E-state index contributed by atoms with van der Waals surface area (Å²) in [5, 5.41) is 17.6. The van der Waals surface area contributed by atoms with Gasteiger partial charge in [-0.1, -0.05) is 6.42 Å². The second-order valence-electron chi connectivity index (χ2n) is 2.60. The molecule has 0 amide bonds. The van der Waals surface area contributed by atoms with E-state index in [1.165, 1.54) is 0 Å². The Kier molecular flexibility index (Phi) is 2.27. The number of hydrogen-bond acceptors (Lipinski definition) is 2. The van der Waals surface area contributed by atoms with Gasteiger partial charge in [-0.3, -0.25) is 4.79 Å². The van der Waals surface area contributed by atoms with E-state index in [0.717, 1.165) is 12.8 Å². The fourth-order valence-electron chi connectivity index (χ4n) is 1.23. The molecular weight excluding hydrogens is 132 g/mol. The quantitative estimate of drug-likeness (QED) is 0.559. The molecule has 10 heavy (non-hydrogen) atoms. The highest BCUT2D eigenvalue weighted by molar-refractivity contribution is 5.71. The molecule has 3 nitrogen and oxygen atoms in total. The zero-order valence-corrected chi connectivity index (χ0v) is 5.66. The maximum absolute atomic E-state index is 10.4. The van der Waals surface area contributed by atoms with Crippen LogP contribution in [0.4, 0.5) is 0 Å². The molecule has 0 spiro atoms. The molecule has 0 aromatic rings. The van der Waals surface area contributed by atoms with E-state index in [9.17, 15) is 4.79 Å². The van der Waals surface area contributed by atoms with E-state index < -0.39 is 18.0 Å². The molecule has 57 valence electrons. The van der Waals surface area contributed by atoms with Crippen molar-refractivity contribution < 1.29 is 15.0 Å². The Bertz CT molecular complexity index is 133. The number of aliphatic hydroxyl groups excluding tert-OH is 1. The minimum absolute atomic E-state index is 0.561. The average molecular weight is 143 g/mol. The van der Waals surface area contributed by atoms with Crippen molar-refractivity contribution in [2.75, 3.05) is 0 Å². The first-order valence-electron chi connectivity index (χ1n) is 3.46. The van der Waals surface area contributed by atoms with Gasteiger partial charge in [0.2, 0.25) is 0 Å². The van der Waals surface area contributed by atoms with Crippen LogP contribution in [0.15, 0.2) is 0 Å². The van der Waals surface area contributed by atoms with Crippen molar-refractivity contribution in [3.05, 3.63) is 6.42 Å². The van der Waals surface area contributed by atoms with Crippen molar-refractivity contribution in [1.29, 1.82) is 0 Å². The topological polar surface area (TPSA) is 57.5 Å². The Morgan fingerprint density at radius 1 is 1.60 bits per heavy atom. The van der Waals surface area contributed by atoms with Gasteiger partial charge < -0.3 is 10.2 Å². The predicted molar refractivity (Wildman–Crippen MR) is 35.3 cm³/mol. The number of carbonyl (C=O) groups is 1. The number of carboxylic acids is 1.